The maximum absolute atomic E-state index is 8.98. The van der Waals surface area contributed by atoms with Crippen molar-refractivity contribution in [1.29, 1.82) is 5.26 Å². The second-order valence-corrected chi connectivity index (χ2v) is 6.65. The van der Waals surface area contributed by atoms with Gasteiger partial charge >= 0.3 is 0 Å². The van der Waals surface area contributed by atoms with Crippen LogP contribution in [-0.2, 0) is 0 Å². The smallest absolute Gasteiger partial charge is 0.0683 e. The van der Waals surface area contributed by atoms with E-state index in [4.69, 9.17) is 5.26 Å². The maximum atomic E-state index is 8.98. The number of nitrogens with one attached hydrogen (secondary N) is 1. The number of benzene rings is 2. The summed E-state index contributed by atoms with van der Waals surface area (Å²) in [6, 6.07) is 15.0. The SMILES string of the molecule is CC(C)(C#N)CCCNc1ccc2cc(Br)ccc2c1. The van der Waals surface area contributed by atoms with E-state index in [9.17, 15) is 0 Å². The Morgan fingerprint density at radius 1 is 1.15 bits per heavy atom. The van der Waals surface area contributed by atoms with Gasteiger partial charge in [-0.25, -0.2) is 0 Å². The molecule has 20 heavy (non-hydrogen) atoms. The Hall–Kier alpha value is -1.53. The van der Waals surface area contributed by atoms with Crippen molar-refractivity contribution in [3.05, 3.63) is 40.9 Å². The van der Waals surface area contributed by atoms with E-state index in [-0.39, 0.29) is 5.41 Å². The summed E-state index contributed by atoms with van der Waals surface area (Å²) >= 11 is 3.49. The zero-order valence-electron chi connectivity index (χ0n) is 11.9. The summed E-state index contributed by atoms with van der Waals surface area (Å²) in [5.74, 6) is 0. The van der Waals surface area contributed by atoms with Crippen LogP contribution in [0.4, 0.5) is 5.69 Å². The van der Waals surface area contributed by atoms with Gasteiger partial charge in [0, 0.05) is 16.7 Å². The Morgan fingerprint density at radius 2 is 1.85 bits per heavy atom. The summed E-state index contributed by atoms with van der Waals surface area (Å²) in [6.07, 6.45) is 1.91. The maximum Gasteiger partial charge on any atom is 0.0683 e. The molecule has 0 unspecified atom stereocenters. The third-order valence-corrected chi connectivity index (χ3v) is 3.91. The Labute approximate surface area is 128 Å². The Morgan fingerprint density at radius 3 is 2.60 bits per heavy atom. The molecule has 2 aromatic carbocycles. The van der Waals surface area contributed by atoms with Gasteiger partial charge in [-0.05, 0) is 61.7 Å². The largest absolute Gasteiger partial charge is 0.385 e. The Balaban J connectivity index is 1.94. The zero-order chi connectivity index (χ0) is 14.6. The molecular formula is C17H19BrN2. The van der Waals surface area contributed by atoms with Crippen LogP contribution < -0.4 is 5.32 Å². The molecule has 0 bridgehead atoms. The number of anilines is 1. The predicted molar refractivity (Wildman–Crippen MR) is 88.8 cm³/mol. The molecular weight excluding hydrogens is 312 g/mol. The van der Waals surface area contributed by atoms with Crippen molar-refractivity contribution in [2.75, 3.05) is 11.9 Å². The van der Waals surface area contributed by atoms with Crippen molar-refractivity contribution >= 4 is 32.4 Å². The highest BCUT2D eigenvalue weighted by atomic mass is 79.9. The van der Waals surface area contributed by atoms with Crippen LogP contribution in [0.2, 0.25) is 0 Å². The first-order valence-electron chi connectivity index (χ1n) is 6.85. The minimum Gasteiger partial charge on any atom is -0.385 e. The molecule has 2 aromatic rings. The molecule has 0 aliphatic rings. The number of nitriles is 1. The third kappa shape index (κ3) is 3.98. The van der Waals surface area contributed by atoms with Gasteiger partial charge in [0.05, 0.1) is 11.5 Å². The summed E-state index contributed by atoms with van der Waals surface area (Å²) < 4.78 is 1.10. The first-order chi connectivity index (χ1) is 9.50. The number of fused-ring (bicyclic) bond motifs is 1. The third-order valence-electron chi connectivity index (χ3n) is 3.41. The minimum absolute atomic E-state index is 0.225. The average molecular weight is 331 g/mol. The fourth-order valence-electron chi connectivity index (χ4n) is 2.15. The van der Waals surface area contributed by atoms with Crippen molar-refractivity contribution in [2.24, 2.45) is 5.41 Å². The monoisotopic (exact) mass is 330 g/mol. The van der Waals surface area contributed by atoms with Gasteiger partial charge in [0.15, 0.2) is 0 Å². The molecule has 0 aliphatic heterocycles. The molecule has 0 aliphatic carbocycles. The van der Waals surface area contributed by atoms with E-state index >= 15 is 0 Å². The van der Waals surface area contributed by atoms with Gasteiger partial charge in [0.25, 0.3) is 0 Å². The lowest BCUT2D eigenvalue weighted by Crippen LogP contribution is -2.11. The van der Waals surface area contributed by atoms with Crippen LogP contribution in [0.3, 0.4) is 0 Å². The standard InChI is InChI=1S/C17H19BrN2/c1-17(2,12-19)8-3-9-20-16-7-5-13-10-15(18)6-4-14(13)11-16/h4-7,10-11,20H,3,8-9H2,1-2H3. The van der Waals surface area contributed by atoms with E-state index in [1.54, 1.807) is 0 Å². The molecule has 0 atom stereocenters. The molecule has 3 heteroatoms. The normalized spacial score (nSPS) is 11.3. The molecule has 0 saturated heterocycles. The van der Waals surface area contributed by atoms with Crippen LogP contribution in [0.1, 0.15) is 26.7 Å². The predicted octanol–water partition coefficient (Wildman–Crippen LogP) is 5.34. The van der Waals surface area contributed by atoms with Gasteiger partial charge < -0.3 is 5.32 Å². The Kier molecular flexibility index (Phi) is 4.67. The number of hydrogen-bond acceptors (Lipinski definition) is 2. The molecule has 0 saturated carbocycles. The van der Waals surface area contributed by atoms with Crippen molar-refractivity contribution in [3.8, 4) is 6.07 Å². The lowest BCUT2D eigenvalue weighted by molar-refractivity contribution is 0.441. The molecule has 0 amide bonds. The molecule has 1 N–H and O–H groups in total. The molecule has 0 heterocycles. The molecule has 0 aromatic heterocycles. The van der Waals surface area contributed by atoms with Crippen molar-refractivity contribution in [1.82, 2.24) is 0 Å². The van der Waals surface area contributed by atoms with Gasteiger partial charge in [-0.15, -0.1) is 0 Å². The molecule has 2 rings (SSSR count). The van der Waals surface area contributed by atoms with Crippen LogP contribution in [0, 0.1) is 16.7 Å². The Bertz CT molecular complexity index is 641. The number of rotatable bonds is 5. The topological polar surface area (TPSA) is 35.8 Å². The van der Waals surface area contributed by atoms with E-state index in [1.165, 1.54) is 10.8 Å². The average Bonchev–Trinajstić information content (AvgIpc) is 2.43. The zero-order valence-corrected chi connectivity index (χ0v) is 13.5. The van der Waals surface area contributed by atoms with E-state index in [1.807, 2.05) is 13.8 Å². The van der Waals surface area contributed by atoms with E-state index < -0.39 is 0 Å². The van der Waals surface area contributed by atoms with Crippen molar-refractivity contribution < 1.29 is 0 Å². The summed E-state index contributed by atoms with van der Waals surface area (Å²) in [6.45, 7) is 4.87. The number of nitrogens with zero attached hydrogens (tertiary/aromatic N) is 1. The van der Waals surface area contributed by atoms with Crippen LogP contribution in [-0.4, -0.2) is 6.54 Å². The van der Waals surface area contributed by atoms with Crippen molar-refractivity contribution in [2.45, 2.75) is 26.7 Å². The van der Waals surface area contributed by atoms with Crippen LogP contribution >= 0.6 is 15.9 Å². The van der Waals surface area contributed by atoms with Crippen LogP contribution in [0.15, 0.2) is 40.9 Å². The highest BCUT2D eigenvalue weighted by Gasteiger charge is 2.15. The number of hydrogen-bond donors (Lipinski definition) is 1. The van der Waals surface area contributed by atoms with Crippen LogP contribution in [0.25, 0.3) is 10.8 Å². The lowest BCUT2D eigenvalue weighted by atomic mass is 9.90. The van der Waals surface area contributed by atoms with Crippen molar-refractivity contribution in [3.63, 3.8) is 0 Å². The fraction of sp³-hybridized carbons (Fsp3) is 0.353. The van der Waals surface area contributed by atoms with E-state index in [0.29, 0.717) is 0 Å². The molecule has 104 valence electrons. The van der Waals surface area contributed by atoms with Gasteiger partial charge in [-0.1, -0.05) is 28.1 Å². The lowest BCUT2D eigenvalue weighted by Gasteiger charge is -2.15. The van der Waals surface area contributed by atoms with Gasteiger partial charge in [0.2, 0.25) is 0 Å². The molecule has 0 fully saturated rings. The summed E-state index contributed by atoms with van der Waals surface area (Å²) in [5.41, 5.74) is 0.909. The van der Waals surface area contributed by atoms with E-state index in [0.717, 1.165) is 29.5 Å². The summed E-state index contributed by atoms with van der Waals surface area (Å²) in [5, 5.41) is 14.9. The highest BCUT2D eigenvalue weighted by Crippen LogP contribution is 2.24. The van der Waals surface area contributed by atoms with E-state index in [2.05, 4.69) is 63.7 Å². The van der Waals surface area contributed by atoms with Gasteiger partial charge in [-0.2, -0.15) is 5.26 Å². The second-order valence-electron chi connectivity index (χ2n) is 5.73. The summed E-state index contributed by atoms with van der Waals surface area (Å²) in [4.78, 5) is 0. The fourth-order valence-corrected chi connectivity index (χ4v) is 2.52. The molecule has 2 nitrogen and oxygen atoms in total. The summed E-state index contributed by atoms with van der Waals surface area (Å²) in [7, 11) is 0. The molecule has 0 spiro atoms. The van der Waals surface area contributed by atoms with Crippen LogP contribution in [0.5, 0.6) is 0 Å². The first-order valence-corrected chi connectivity index (χ1v) is 7.64. The highest BCUT2D eigenvalue weighted by molar-refractivity contribution is 9.10. The first kappa shape index (κ1) is 14.9. The quantitative estimate of drug-likeness (QED) is 0.750. The minimum atomic E-state index is -0.225. The van der Waals surface area contributed by atoms with Gasteiger partial charge in [0.1, 0.15) is 0 Å². The number of halogens is 1. The van der Waals surface area contributed by atoms with Gasteiger partial charge in [-0.3, -0.25) is 0 Å². The second kappa shape index (κ2) is 6.28. The molecule has 0 radical (unpaired) electrons.